The third-order valence-corrected chi connectivity index (χ3v) is 2.77. The van der Waals surface area contributed by atoms with Crippen LogP contribution in [-0.4, -0.2) is 17.4 Å². The maximum Gasteiger partial charge on any atom is 0.252 e. The standard InChI is InChI=1S/C15H18N2O2/c1-15(2,3)9-16-14(19)11-8-13(18)17-12-7-5-4-6-10(11)12/h4-8H,9H2,1-3H3,(H,16,19)(H,17,18). The molecular formula is C15H18N2O2. The van der Waals surface area contributed by atoms with E-state index in [1.807, 2.05) is 39.0 Å². The zero-order valence-electron chi connectivity index (χ0n) is 11.4. The van der Waals surface area contributed by atoms with Crippen LogP contribution in [0.3, 0.4) is 0 Å². The molecule has 0 radical (unpaired) electrons. The van der Waals surface area contributed by atoms with Crippen molar-refractivity contribution in [1.29, 1.82) is 0 Å². The summed E-state index contributed by atoms with van der Waals surface area (Å²) in [7, 11) is 0. The van der Waals surface area contributed by atoms with Gasteiger partial charge in [-0.3, -0.25) is 9.59 Å². The Morgan fingerprint density at radius 2 is 1.95 bits per heavy atom. The number of carbonyl (C=O) groups excluding carboxylic acids is 1. The predicted molar refractivity (Wildman–Crippen MR) is 76.4 cm³/mol. The van der Waals surface area contributed by atoms with Crippen LogP contribution in [0.15, 0.2) is 35.1 Å². The first-order valence-electron chi connectivity index (χ1n) is 6.27. The molecule has 1 amide bonds. The van der Waals surface area contributed by atoms with Crippen molar-refractivity contribution in [2.75, 3.05) is 6.54 Å². The number of amides is 1. The average Bonchev–Trinajstić information content (AvgIpc) is 2.34. The second-order valence-electron chi connectivity index (χ2n) is 5.84. The van der Waals surface area contributed by atoms with E-state index in [1.54, 1.807) is 6.07 Å². The van der Waals surface area contributed by atoms with E-state index in [-0.39, 0.29) is 16.9 Å². The third kappa shape index (κ3) is 3.22. The first-order valence-corrected chi connectivity index (χ1v) is 6.27. The van der Waals surface area contributed by atoms with Gasteiger partial charge in [0.1, 0.15) is 0 Å². The number of benzene rings is 1. The highest BCUT2D eigenvalue weighted by Gasteiger charge is 2.15. The highest BCUT2D eigenvalue weighted by Crippen LogP contribution is 2.15. The normalized spacial score (nSPS) is 11.5. The van der Waals surface area contributed by atoms with Crippen LogP contribution in [0, 0.1) is 5.41 Å². The lowest BCUT2D eigenvalue weighted by Crippen LogP contribution is -2.33. The fourth-order valence-electron chi connectivity index (χ4n) is 1.83. The number of aromatic amines is 1. The summed E-state index contributed by atoms with van der Waals surface area (Å²) in [5.74, 6) is -0.211. The summed E-state index contributed by atoms with van der Waals surface area (Å²) < 4.78 is 0. The molecule has 2 rings (SSSR count). The molecule has 4 heteroatoms. The van der Waals surface area contributed by atoms with Crippen LogP contribution >= 0.6 is 0 Å². The van der Waals surface area contributed by atoms with Crippen molar-refractivity contribution in [1.82, 2.24) is 10.3 Å². The van der Waals surface area contributed by atoms with Crippen molar-refractivity contribution >= 4 is 16.8 Å². The van der Waals surface area contributed by atoms with Gasteiger partial charge in [0.2, 0.25) is 5.56 Å². The lowest BCUT2D eigenvalue weighted by Gasteiger charge is -2.19. The Labute approximate surface area is 111 Å². The monoisotopic (exact) mass is 258 g/mol. The van der Waals surface area contributed by atoms with Gasteiger partial charge in [-0.15, -0.1) is 0 Å². The number of rotatable bonds is 2. The molecule has 1 aromatic heterocycles. The maximum absolute atomic E-state index is 12.2. The molecule has 19 heavy (non-hydrogen) atoms. The molecule has 0 aliphatic rings. The van der Waals surface area contributed by atoms with Crippen molar-refractivity contribution in [3.05, 3.63) is 46.2 Å². The smallest absolute Gasteiger partial charge is 0.252 e. The Balaban J connectivity index is 2.39. The number of carbonyl (C=O) groups is 1. The molecule has 0 saturated heterocycles. The van der Waals surface area contributed by atoms with Gasteiger partial charge in [-0.05, 0) is 11.5 Å². The van der Waals surface area contributed by atoms with Gasteiger partial charge in [-0.25, -0.2) is 0 Å². The fourth-order valence-corrected chi connectivity index (χ4v) is 1.83. The minimum Gasteiger partial charge on any atom is -0.351 e. The van der Waals surface area contributed by atoms with Crippen LogP contribution < -0.4 is 10.9 Å². The van der Waals surface area contributed by atoms with E-state index in [9.17, 15) is 9.59 Å². The van der Waals surface area contributed by atoms with Gasteiger partial charge in [-0.2, -0.15) is 0 Å². The molecular weight excluding hydrogens is 240 g/mol. The Bertz CT molecular complexity index is 666. The van der Waals surface area contributed by atoms with E-state index in [1.165, 1.54) is 6.07 Å². The predicted octanol–water partition coefficient (Wildman–Crippen LogP) is 2.30. The maximum atomic E-state index is 12.2. The van der Waals surface area contributed by atoms with E-state index in [4.69, 9.17) is 0 Å². The Kier molecular flexibility index (Phi) is 3.42. The van der Waals surface area contributed by atoms with Crippen LogP contribution in [0.5, 0.6) is 0 Å². The van der Waals surface area contributed by atoms with Gasteiger partial charge in [0.05, 0.1) is 5.56 Å². The van der Waals surface area contributed by atoms with Gasteiger partial charge < -0.3 is 10.3 Å². The molecule has 2 N–H and O–H groups in total. The van der Waals surface area contributed by atoms with E-state index in [0.29, 0.717) is 17.6 Å². The third-order valence-electron chi connectivity index (χ3n) is 2.77. The zero-order valence-corrected chi connectivity index (χ0v) is 11.4. The molecule has 0 aliphatic heterocycles. The lowest BCUT2D eigenvalue weighted by atomic mass is 9.97. The minimum atomic E-state index is -0.264. The van der Waals surface area contributed by atoms with Crippen molar-refractivity contribution in [3.63, 3.8) is 0 Å². The average molecular weight is 258 g/mol. The Morgan fingerprint density at radius 1 is 1.26 bits per heavy atom. The van der Waals surface area contributed by atoms with Gasteiger partial charge in [0, 0.05) is 23.5 Å². The van der Waals surface area contributed by atoms with Crippen molar-refractivity contribution < 1.29 is 4.79 Å². The number of pyridine rings is 1. The topological polar surface area (TPSA) is 62.0 Å². The van der Waals surface area contributed by atoms with Crippen LogP contribution in [0.2, 0.25) is 0 Å². The Morgan fingerprint density at radius 3 is 2.63 bits per heavy atom. The highest BCUT2D eigenvalue weighted by atomic mass is 16.2. The van der Waals surface area contributed by atoms with Crippen LogP contribution in [-0.2, 0) is 0 Å². The quantitative estimate of drug-likeness (QED) is 0.868. The van der Waals surface area contributed by atoms with Gasteiger partial charge in [0.25, 0.3) is 5.91 Å². The number of para-hydroxylation sites is 1. The van der Waals surface area contributed by atoms with E-state index >= 15 is 0 Å². The highest BCUT2D eigenvalue weighted by molar-refractivity contribution is 6.05. The molecule has 1 heterocycles. The molecule has 0 spiro atoms. The van der Waals surface area contributed by atoms with E-state index in [2.05, 4.69) is 10.3 Å². The molecule has 0 aliphatic carbocycles. The molecule has 0 bridgehead atoms. The molecule has 100 valence electrons. The number of fused-ring (bicyclic) bond motifs is 1. The summed E-state index contributed by atoms with van der Waals surface area (Å²) in [5.41, 5.74) is 0.839. The number of aromatic nitrogens is 1. The first kappa shape index (κ1) is 13.3. The number of hydrogen-bond acceptors (Lipinski definition) is 2. The molecule has 0 atom stereocenters. The number of H-pyrrole nitrogens is 1. The first-order chi connectivity index (χ1) is 8.87. The molecule has 0 unspecified atom stereocenters. The molecule has 0 fully saturated rings. The van der Waals surface area contributed by atoms with Crippen molar-refractivity contribution in [3.8, 4) is 0 Å². The van der Waals surface area contributed by atoms with Crippen LogP contribution in [0.4, 0.5) is 0 Å². The van der Waals surface area contributed by atoms with Gasteiger partial charge >= 0.3 is 0 Å². The summed E-state index contributed by atoms with van der Waals surface area (Å²) in [6.45, 7) is 6.70. The second-order valence-corrected chi connectivity index (χ2v) is 5.84. The van der Waals surface area contributed by atoms with Gasteiger partial charge in [0.15, 0.2) is 0 Å². The number of nitrogens with one attached hydrogen (secondary N) is 2. The number of hydrogen-bond donors (Lipinski definition) is 2. The largest absolute Gasteiger partial charge is 0.351 e. The van der Waals surface area contributed by atoms with Crippen molar-refractivity contribution in [2.45, 2.75) is 20.8 Å². The summed E-state index contributed by atoms with van der Waals surface area (Å²) in [6, 6.07) is 8.64. The van der Waals surface area contributed by atoms with Crippen LogP contribution in [0.25, 0.3) is 10.9 Å². The Hall–Kier alpha value is -2.10. The molecule has 4 nitrogen and oxygen atoms in total. The lowest BCUT2D eigenvalue weighted by molar-refractivity contribution is 0.0941. The summed E-state index contributed by atoms with van der Waals surface area (Å²) in [5, 5.41) is 3.62. The van der Waals surface area contributed by atoms with E-state index in [0.717, 1.165) is 5.39 Å². The zero-order chi connectivity index (χ0) is 14.0. The molecule has 2 aromatic rings. The summed E-state index contributed by atoms with van der Waals surface area (Å²) >= 11 is 0. The fraction of sp³-hybridized carbons (Fsp3) is 0.333. The SMILES string of the molecule is CC(C)(C)CNC(=O)c1cc(=O)[nH]c2ccccc12. The molecule has 1 aromatic carbocycles. The van der Waals surface area contributed by atoms with Crippen LogP contribution in [0.1, 0.15) is 31.1 Å². The summed E-state index contributed by atoms with van der Waals surface area (Å²) in [4.78, 5) is 26.5. The summed E-state index contributed by atoms with van der Waals surface area (Å²) in [6.07, 6.45) is 0. The second kappa shape index (κ2) is 4.88. The minimum absolute atomic E-state index is 0.00661. The van der Waals surface area contributed by atoms with Crippen molar-refractivity contribution in [2.24, 2.45) is 5.41 Å². The molecule has 0 saturated carbocycles. The van der Waals surface area contributed by atoms with E-state index < -0.39 is 0 Å². The van der Waals surface area contributed by atoms with Gasteiger partial charge in [-0.1, -0.05) is 39.0 Å².